The summed E-state index contributed by atoms with van der Waals surface area (Å²) in [6.07, 6.45) is 0.0575. The Morgan fingerprint density at radius 2 is 2.29 bits per heavy atom. The van der Waals surface area contributed by atoms with Gasteiger partial charge in [-0.3, -0.25) is 14.9 Å². The maximum absolute atomic E-state index is 11.4. The van der Waals surface area contributed by atoms with Gasteiger partial charge in [-0.25, -0.2) is 0 Å². The van der Waals surface area contributed by atoms with E-state index in [1.165, 1.54) is 25.3 Å². The fourth-order valence-electron chi connectivity index (χ4n) is 1.21. The molecule has 0 fully saturated rings. The van der Waals surface area contributed by atoms with Crippen LogP contribution >= 0.6 is 0 Å². The highest BCUT2D eigenvalue weighted by molar-refractivity contribution is 5.95. The van der Waals surface area contributed by atoms with Crippen molar-refractivity contribution in [1.82, 2.24) is 0 Å². The van der Waals surface area contributed by atoms with Gasteiger partial charge in [-0.15, -0.1) is 0 Å². The van der Waals surface area contributed by atoms with Gasteiger partial charge in [-0.05, 0) is 6.07 Å². The van der Waals surface area contributed by atoms with Gasteiger partial charge < -0.3 is 15.2 Å². The summed E-state index contributed by atoms with van der Waals surface area (Å²) in [6.45, 7) is 0.202. The zero-order valence-electron chi connectivity index (χ0n) is 9.17. The van der Waals surface area contributed by atoms with Crippen molar-refractivity contribution in [1.29, 1.82) is 0 Å². The number of phenols is 1. The summed E-state index contributed by atoms with van der Waals surface area (Å²) in [5.41, 5.74) is -0.547. The van der Waals surface area contributed by atoms with E-state index in [1.807, 2.05) is 0 Å². The third-order valence-electron chi connectivity index (χ3n) is 2.01. The molecule has 0 aliphatic heterocycles. The highest BCUT2D eigenvalue weighted by atomic mass is 16.6. The number of para-hydroxylation sites is 1. The standard InChI is InChI=1S/C10H12N2O5/c1-17-6-5-9(14)11-10-7(12(15)16)3-2-4-8(10)13/h2-4,13H,5-6H2,1H3,(H,11,14). The van der Waals surface area contributed by atoms with E-state index in [0.717, 1.165) is 0 Å². The van der Waals surface area contributed by atoms with E-state index in [1.54, 1.807) is 0 Å². The minimum absolute atomic E-state index is 0.0575. The van der Waals surface area contributed by atoms with E-state index < -0.39 is 10.8 Å². The largest absolute Gasteiger partial charge is 0.505 e. The molecule has 0 atom stereocenters. The third-order valence-corrected chi connectivity index (χ3v) is 2.01. The Hall–Kier alpha value is -2.15. The lowest BCUT2D eigenvalue weighted by Gasteiger charge is -2.07. The molecule has 17 heavy (non-hydrogen) atoms. The van der Waals surface area contributed by atoms with Crippen LogP contribution in [0.5, 0.6) is 5.75 Å². The van der Waals surface area contributed by atoms with E-state index in [4.69, 9.17) is 4.74 Å². The molecule has 7 nitrogen and oxygen atoms in total. The molecule has 0 radical (unpaired) electrons. The molecule has 0 saturated heterocycles. The molecule has 1 aromatic rings. The fourth-order valence-corrected chi connectivity index (χ4v) is 1.21. The van der Waals surface area contributed by atoms with Gasteiger partial charge in [0.15, 0.2) is 5.69 Å². The van der Waals surface area contributed by atoms with Gasteiger partial charge in [-0.1, -0.05) is 6.07 Å². The van der Waals surface area contributed by atoms with Gasteiger partial charge in [0, 0.05) is 13.2 Å². The molecule has 1 aromatic carbocycles. The van der Waals surface area contributed by atoms with Gasteiger partial charge in [0.2, 0.25) is 5.91 Å². The number of methoxy groups -OCH3 is 1. The van der Waals surface area contributed by atoms with E-state index in [0.29, 0.717) is 0 Å². The molecule has 0 bridgehead atoms. The molecule has 0 heterocycles. The van der Waals surface area contributed by atoms with Gasteiger partial charge >= 0.3 is 0 Å². The number of nitro groups is 1. The van der Waals surface area contributed by atoms with Crippen molar-refractivity contribution in [2.24, 2.45) is 0 Å². The summed E-state index contributed by atoms with van der Waals surface area (Å²) in [5, 5.41) is 22.4. The molecule has 0 saturated carbocycles. The number of hydrogen-bond donors (Lipinski definition) is 2. The molecule has 0 spiro atoms. The van der Waals surface area contributed by atoms with Crippen LogP contribution in [0.15, 0.2) is 18.2 Å². The molecule has 7 heteroatoms. The minimum Gasteiger partial charge on any atom is -0.505 e. The lowest BCUT2D eigenvalue weighted by molar-refractivity contribution is -0.384. The monoisotopic (exact) mass is 240 g/mol. The topological polar surface area (TPSA) is 102 Å². The minimum atomic E-state index is -0.675. The van der Waals surface area contributed by atoms with Crippen molar-refractivity contribution >= 4 is 17.3 Å². The first kappa shape index (κ1) is 12.9. The Morgan fingerprint density at radius 1 is 1.59 bits per heavy atom. The molecule has 0 aromatic heterocycles. The normalized spacial score (nSPS) is 9.94. The number of hydrogen-bond acceptors (Lipinski definition) is 5. The zero-order valence-corrected chi connectivity index (χ0v) is 9.17. The second-order valence-corrected chi connectivity index (χ2v) is 3.22. The van der Waals surface area contributed by atoms with E-state index in [2.05, 4.69) is 5.32 Å². The van der Waals surface area contributed by atoms with Gasteiger partial charge in [0.25, 0.3) is 5.69 Å². The van der Waals surface area contributed by atoms with Crippen LogP contribution in [0.4, 0.5) is 11.4 Å². The predicted octanol–water partition coefficient (Wildman–Crippen LogP) is 1.28. The van der Waals surface area contributed by atoms with Crippen molar-refractivity contribution in [2.75, 3.05) is 19.0 Å². The van der Waals surface area contributed by atoms with Crippen LogP contribution in [0, 0.1) is 10.1 Å². The summed E-state index contributed by atoms with van der Waals surface area (Å²) >= 11 is 0. The summed E-state index contributed by atoms with van der Waals surface area (Å²) in [7, 11) is 1.44. The highest BCUT2D eigenvalue weighted by Crippen LogP contribution is 2.32. The number of nitro benzene ring substituents is 1. The number of rotatable bonds is 5. The van der Waals surface area contributed by atoms with Crippen LogP contribution < -0.4 is 5.32 Å². The first-order chi connectivity index (χ1) is 8.06. The lowest BCUT2D eigenvalue weighted by Crippen LogP contribution is -2.14. The second-order valence-electron chi connectivity index (χ2n) is 3.22. The average molecular weight is 240 g/mol. The number of aromatic hydroxyl groups is 1. The summed E-state index contributed by atoms with van der Waals surface area (Å²) < 4.78 is 4.70. The Labute approximate surface area is 97.2 Å². The number of ether oxygens (including phenoxy) is 1. The van der Waals surface area contributed by atoms with Gasteiger partial charge in [0.1, 0.15) is 5.75 Å². The molecular weight excluding hydrogens is 228 g/mol. The first-order valence-corrected chi connectivity index (χ1v) is 4.81. The number of carbonyl (C=O) groups is 1. The number of benzene rings is 1. The van der Waals surface area contributed by atoms with Crippen molar-refractivity contribution < 1.29 is 19.6 Å². The number of nitrogens with one attached hydrogen (secondary N) is 1. The van der Waals surface area contributed by atoms with Crippen LogP contribution in [-0.4, -0.2) is 29.7 Å². The molecule has 92 valence electrons. The zero-order chi connectivity index (χ0) is 12.8. The Balaban J connectivity index is 2.89. The van der Waals surface area contributed by atoms with Crippen molar-refractivity contribution in [2.45, 2.75) is 6.42 Å². The summed E-state index contributed by atoms with van der Waals surface area (Å²) in [6, 6.07) is 3.79. The molecule has 1 amide bonds. The maximum atomic E-state index is 11.4. The predicted molar refractivity (Wildman–Crippen MR) is 59.9 cm³/mol. The number of amides is 1. The molecular formula is C10H12N2O5. The van der Waals surface area contributed by atoms with Gasteiger partial charge in [-0.2, -0.15) is 0 Å². The quantitative estimate of drug-likeness (QED) is 0.458. The Kier molecular flexibility index (Phi) is 4.41. The number of phenolic OH excluding ortho intramolecular Hbond substituents is 1. The maximum Gasteiger partial charge on any atom is 0.296 e. The number of anilines is 1. The number of nitrogens with zero attached hydrogens (tertiary/aromatic N) is 1. The molecule has 0 aliphatic carbocycles. The van der Waals surface area contributed by atoms with Crippen molar-refractivity contribution in [3.8, 4) is 5.75 Å². The smallest absolute Gasteiger partial charge is 0.296 e. The van der Waals surface area contributed by atoms with Crippen molar-refractivity contribution in [3.63, 3.8) is 0 Å². The molecule has 0 unspecified atom stereocenters. The summed E-state index contributed by atoms with van der Waals surface area (Å²) in [5.74, 6) is -0.804. The van der Waals surface area contributed by atoms with E-state index in [9.17, 15) is 20.0 Å². The lowest BCUT2D eigenvalue weighted by atomic mass is 10.2. The molecule has 1 rings (SSSR count). The van der Waals surface area contributed by atoms with Crippen LogP contribution in [0.25, 0.3) is 0 Å². The Morgan fingerprint density at radius 3 is 2.88 bits per heavy atom. The van der Waals surface area contributed by atoms with Crippen LogP contribution in [0.3, 0.4) is 0 Å². The molecule has 2 N–H and O–H groups in total. The highest BCUT2D eigenvalue weighted by Gasteiger charge is 2.19. The SMILES string of the molecule is COCCC(=O)Nc1c(O)cccc1[N+](=O)[O-]. The average Bonchev–Trinajstić information content (AvgIpc) is 2.28. The first-order valence-electron chi connectivity index (χ1n) is 4.81. The van der Waals surface area contributed by atoms with E-state index in [-0.39, 0.29) is 30.2 Å². The Bertz CT molecular complexity index is 433. The third kappa shape index (κ3) is 3.42. The van der Waals surface area contributed by atoms with E-state index >= 15 is 0 Å². The number of carbonyl (C=O) groups excluding carboxylic acids is 1. The molecule has 0 aliphatic rings. The van der Waals surface area contributed by atoms with Crippen molar-refractivity contribution in [3.05, 3.63) is 28.3 Å². The van der Waals surface area contributed by atoms with Crippen LogP contribution in [-0.2, 0) is 9.53 Å². The van der Waals surface area contributed by atoms with Crippen LogP contribution in [0.1, 0.15) is 6.42 Å². The second kappa shape index (κ2) is 5.80. The fraction of sp³-hybridized carbons (Fsp3) is 0.300. The van der Waals surface area contributed by atoms with Gasteiger partial charge in [0.05, 0.1) is 18.0 Å². The summed E-state index contributed by atoms with van der Waals surface area (Å²) in [4.78, 5) is 21.4. The van der Waals surface area contributed by atoms with Crippen LogP contribution in [0.2, 0.25) is 0 Å².